The maximum absolute atomic E-state index is 13.1. The van der Waals surface area contributed by atoms with Gasteiger partial charge in [0.25, 0.3) is 5.91 Å². The number of nitrogens with one attached hydrogen (secondary N) is 2. The lowest BCUT2D eigenvalue weighted by molar-refractivity contribution is -0.121. The Morgan fingerprint density at radius 1 is 0.964 bits per heavy atom. The molecule has 0 aromatic heterocycles. The van der Waals surface area contributed by atoms with Gasteiger partial charge >= 0.3 is 0 Å². The van der Waals surface area contributed by atoms with Crippen LogP contribution in [0.5, 0.6) is 0 Å². The topological polar surface area (TPSA) is 78.5 Å². The van der Waals surface area contributed by atoms with Crippen molar-refractivity contribution in [2.75, 3.05) is 23.7 Å². The maximum atomic E-state index is 13.1. The van der Waals surface area contributed by atoms with Gasteiger partial charge in [0.15, 0.2) is 0 Å². The van der Waals surface area contributed by atoms with Gasteiger partial charge in [0.2, 0.25) is 11.8 Å². The molecular formula is C21H22FN3O3. The SMILES string of the molecule is CC(=O)Nc1ccc(NC(=O)[C@H]2CCCN(C(=O)c3ccc(F)cc3)C2)cc1. The first kappa shape index (κ1) is 19.5. The highest BCUT2D eigenvalue weighted by Gasteiger charge is 2.29. The smallest absolute Gasteiger partial charge is 0.253 e. The number of hydrogen-bond acceptors (Lipinski definition) is 3. The zero-order chi connectivity index (χ0) is 20.1. The van der Waals surface area contributed by atoms with Crippen LogP contribution >= 0.6 is 0 Å². The van der Waals surface area contributed by atoms with Crippen molar-refractivity contribution in [3.05, 3.63) is 59.9 Å². The number of carbonyl (C=O) groups is 3. The molecule has 2 aromatic rings. The van der Waals surface area contributed by atoms with E-state index in [1.165, 1.54) is 31.2 Å². The summed E-state index contributed by atoms with van der Waals surface area (Å²) >= 11 is 0. The number of carbonyl (C=O) groups excluding carboxylic acids is 3. The number of anilines is 2. The van der Waals surface area contributed by atoms with Gasteiger partial charge in [-0.3, -0.25) is 14.4 Å². The van der Waals surface area contributed by atoms with Gasteiger partial charge < -0.3 is 15.5 Å². The summed E-state index contributed by atoms with van der Waals surface area (Å²) < 4.78 is 13.1. The first-order valence-corrected chi connectivity index (χ1v) is 9.16. The largest absolute Gasteiger partial charge is 0.338 e. The molecule has 3 rings (SSSR count). The Bertz CT molecular complexity index is 865. The fourth-order valence-electron chi connectivity index (χ4n) is 3.24. The molecule has 7 heteroatoms. The number of rotatable bonds is 4. The second-order valence-corrected chi connectivity index (χ2v) is 6.85. The minimum atomic E-state index is -0.392. The normalized spacial score (nSPS) is 16.4. The van der Waals surface area contributed by atoms with Crippen LogP contribution in [0.1, 0.15) is 30.1 Å². The van der Waals surface area contributed by atoms with E-state index in [1.807, 2.05) is 0 Å². The Hall–Kier alpha value is -3.22. The van der Waals surface area contributed by atoms with Gasteiger partial charge in [0.1, 0.15) is 5.82 Å². The van der Waals surface area contributed by atoms with Crippen molar-refractivity contribution in [2.45, 2.75) is 19.8 Å². The van der Waals surface area contributed by atoms with E-state index in [-0.39, 0.29) is 23.6 Å². The van der Waals surface area contributed by atoms with Gasteiger partial charge in [0.05, 0.1) is 5.92 Å². The maximum Gasteiger partial charge on any atom is 0.253 e. The van der Waals surface area contributed by atoms with Gasteiger partial charge in [-0.15, -0.1) is 0 Å². The predicted octanol–water partition coefficient (Wildman–Crippen LogP) is 3.28. The second kappa shape index (κ2) is 8.65. The summed E-state index contributed by atoms with van der Waals surface area (Å²) in [7, 11) is 0. The van der Waals surface area contributed by atoms with Gasteiger partial charge in [-0.2, -0.15) is 0 Å². The summed E-state index contributed by atoms with van der Waals surface area (Å²) in [5.41, 5.74) is 1.69. The molecule has 0 bridgehead atoms. The first-order chi connectivity index (χ1) is 13.4. The summed E-state index contributed by atoms with van der Waals surface area (Å²) in [6.07, 6.45) is 1.43. The molecule has 1 aliphatic rings. The molecule has 0 radical (unpaired) electrons. The fourth-order valence-corrected chi connectivity index (χ4v) is 3.24. The molecule has 146 valence electrons. The van der Waals surface area contributed by atoms with E-state index in [0.717, 1.165) is 6.42 Å². The molecule has 1 heterocycles. The molecule has 1 aliphatic heterocycles. The lowest BCUT2D eigenvalue weighted by Crippen LogP contribution is -2.43. The van der Waals surface area contributed by atoms with E-state index < -0.39 is 5.82 Å². The third-order valence-electron chi connectivity index (χ3n) is 4.64. The van der Waals surface area contributed by atoms with E-state index in [1.54, 1.807) is 29.2 Å². The molecule has 1 saturated heterocycles. The quantitative estimate of drug-likeness (QED) is 0.851. The molecule has 0 unspecified atom stereocenters. The average Bonchev–Trinajstić information content (AvgIpc) is 2.69. The molecule has 0 saturated carbocycles. The number of amides is 3. The first-order valence-electron chi connectivity index (χ1n) is 9.16. The van der Waals surface area contributed by atoms with Crippen LogP contribution in [0.2, 0.25) is 0 Å². The van der Waals surface area contributed by atoms with E-state index >= 15 is 0 Å². The van der Waals surface area contributed by atoms with Crippen molar-refractivity contribution < 1.29 is 18.8 Å². The van der Waals surface area contributed by atoms with E-state index in [9.17, 15) is 18.8 Å². The summed E-state index contributed by atoms with van der Waals surface area (Å²) in [5.74, 6) is -1.21. The number of nitrogens with zero attached hydrogens (tertiary/aromatic N) is 1. The Labute approximate surface area is 162 Å². The zero-order valence-corrected chi connectivity index (χ0v) is 15.6. The van der Waals surface area contributed by atoms with E-state index in [4.69, 9.17) is 0 Å². The number of piperidine rings is 1. The molecule has 0 aliphatic carbocycles. The van der Waals surface area contributed by atoms with Crippen molar-refractivity contribution in [1.82, 2.24) is 4.90 Å². The van der Waals surface area contributed by atoms with Crippen LogP contribution in [0, 0.1) is 11.7 Å². The van der Waals surface area contributed by atoms with Crippen LogP contribution in [0.25, 0.3) is 0 Å². The molecule has 3 amide bonds. The Morgan fingerprint density at radius 2 is 1.57 bits per heavy atom. The Kier molecular flexibility index (Phi) is 6.03. The number of likely N-dealkylation sites (tertiary alicyclic amines) is 1. The van der Waals surface area contributed by atoms with Crippen LogP contribution in [0.15, 0.2) is 48.5 Å². The minimum absolute atomic E-state index is 0.149. The third-order valence-corrected chi connectivity index (χ3v) is 4.64. The van der Waals surface area contributed by atoms with E-state index in [2.05, 4.69) is 10.6 Å². The van der Waals surface area contributed by atoms with Crippen LogP contribution in [-0.4, -0.2) is 35.7 Å². The highest BCUT2D eigenvalue weighted by Crippen LogP contribution is 2.21. The number of halogens is 1. The summed E-state index contributed by atoms with van der Waals surface area (Å²) in [4.78, 5) is 37.9. The highest BCUT2D eigenvalue weighted by molar-refractivity contribution is 5.96. The lowest BCUT2D eigenvalue weighted by Gasteiger charge is -2.32. The monoisotopic (exact) mass is 383 g/mol. The highest BCUT2D eigenvalue weighted by atomic mass is 19.1. The Morgan fingerprint density at radius 3 is 2.18 bits per heavy atom. The van der Waals surface area contributed by atoms with E-state index in [0.29, 0.717) is 36.4 Å². The van der Waals surface area contributed by atoms with Crippen molar-refractivity contribution >= 4 is 29.1 Å². The average molecular weight is 383 g/mol. The zero-order valence-electron chi connectivity index (χ0n) is 15.6. The van der Waals surface area contributed by atoms with Gasteiger partial charge in [-0.25, -0.2) is 4.39 Å². The molecule has 2 N–H and O–H groups in total. The molecular weight excluding hydrogens is 361 g/mol. The van der Waals surface area contributed by atoms with Crippen molar-refractivity contribution in [3.63, 3.8) is 0 Å². The summed E-state index contributed by atoms with van der Waals surface area (Å²) in [6, 6.07) is 12.3. The van der Waals surface area contributed by atoms with Crippen molar-refractivity contribution in [1.29, 1.82) is 0 Å². The molecule has 1 fully saturated rings. The second-order valence-electron chi connectivity index (χ2n) is 6.85. The fraction of sp³-hybridized carbons (Fsp3) is 0.286. The third kappa shape index (κ3) is 4.94. The van der Waals surface area contributed by atoms with Gasteiger partial charge in [0, 0.05) is 37.0 Å². The van der Waals surface area contributed by atoms with Gasteiger partial charge in [-0.1, -0.05) is 0 Å². The Balaban J connectivity index is 1.60. The predicted molar refractivity (Wildman–Crippen MR) is 104 cm³/mol. The summed E-state index contributed by atoms with van der Waals surface area (Å²) in [5, 5.41) is 5.53. The summed E-state index contributed by atoms with van der Waals surface area (Å²) in [6.45, 7) is 2.33. The standard InChI is InChI=1S/C21H22FN3O3/c1-14(26)23-18-8-10-19(11-9-18)24-20(27)16-3-2-12-25(13-16)21(28)15-4-6-17(22)7-5-15/h4-11,16H,2-3,12-13H2,1H3,(H,23,26)(H,24,27)/t16-/m0/s1. The molecule has 0 spiro atoms. The molecule has 6 nitrogen and oxygen atoms in total. The molecule has 28 heavy (non-hydrogen) atoms. The van der Waals surface area contributed by atoms with Crippen LogP contribution < -0.4 is 10.6 Å². The van der Waals surface area contributed by atoms with Crippen LogP contribution in [0.4, 0.5) is 15.8 Å². The van der Waals surface area contributed by atoms with Gasteiger partial charge in [-0.05, 0) is 61.4 Å². The number of benzene rings is 2. The molecule has 1 atom stereocenters. The van der Waals surface area contributed by atoms with Crippen LogP contribution in [-0.2, 0) is 9.59 Å². The lowest BCUT2D eigenvalue weighted by atomic mass is 9.96. The number of hydrogen-bond donors (Lipinski definition) is 2. The molecule has 2 aromatic carbocycles. The van der Waals surface area contributed by atoms with Crippen molar-refractivity contribution in [2.24, 2.45) is 5.92 Å². The van der Waals surface area contributed by atoms with Crippen molar-refractivity contribution in [3.8, 4) is 0 Å². The van der Waals surface area contributed by atoms with Crippen LogP contribution in [0.3, 0.4) is 0 Å². The minimum Gasteiger partial charge on any atom is -0.338 e.